The van der Waals surface area contributed by atoms with E-state index in [2.05, 4.69) is 11.8 Å². The van der Waals surface area contributed by atoms with E-state index >= 15 is 0 Å². The van der Waals surface area contributed by atoms with Crippen LogP contribution in [-0.2, 0) is 4.79 Å². The third kappa shape index (κ3) is 2.97. The first-order valence-electron chi connectivity index (χ1n) is 6.84. The molecule has 0 aliphatic carbocycles. The number of piperidine rings is 1. The van der Waals surface area contributed by atoms with E-state index in [-0.39, 0.29) is 5.92 Å². The van der Waals surface area contributed by atoms with Crippen LogP contribution in [0.25, 0.3) is 0 Å². The minimum Gasteiger partial charge on any atom is -0.338 e. The molecule has 2 aliphatic rings. The Morgan fingerprint density at radius 1 is 1.47 bits per heavy atom. The number of carbonyl (C=O) groups is 1. The molecule has 2 saturated heterocycles. The van der Waals surface area contributed by atoms with E-state index in [0.717, 1.165) is 36.8 Å². The van der Waals surface area contributed by atoms with Crippen LogP contribution in [0.3, 0.4) is 0 Å². The van der Waals surface area contributed by atoms with Crippen LogP contribution < -0.4 is 5.73 Å². The normalized spacial score (nSPS) is 34.0. The summed E-state index contributed by atoms with van der Waals surface area (Å²) in [6, 6.07) is 0.298. The molecule has 4 heteroatoms. The SMILES string of the molecule is CCC1CCN(C(=O)C2CCSC2)C(CN)C1. The van der Waals surface area contributed by atoms with Gasteiger partial charge in [-0.1, -0.05) is 13.3 Å². The topological polar surface area (TPSA) is 46.3 Å². The Morgan fingerprint density at radius 3 is 2.88 bits per heavy atom. The Bertz CT molecular complexity index is 266. The van der Waals surface area contributed by atoms with E-state index in [9.17, 15) is 4.79 Å². The molecule has 0 aromatic carbocycles. The molecule has 2 N–H and O–H groups in total. The first-order chi connectivity index (χ1) is 8.26. The van der Waals surface area contributed by atoms with Gasteiger partial charge in [-0.3, -0.25) is 4.79 Å². The Kier molecular flexibility index (Phi) is 4.74. The summed E-state index contributed by atoms with van der Waals surface area (Å²) in [7, 11) is 0. The molecule has 0 aromatic rings. The molecule has 2 rings (SSSR count). The zero-order chi connectivity index (χ0) is 12.3. The molecule has 0 saturated carbocycles. The molecule has 3 atom stereocenters. The number of amides is 1. The number of rotatable bonds is 3. The maximum Gasteiger partial charge on any atom is 0.226 e. The molecule has 2 fully saturated rings. The number of hydrogen-bond donors (Lipinski definition) is 1. The quantitative estimate of drug-likeness (QED) is 0.836. The lowest BCUT2D eigenvalue weighted by molar-refractivity contribution is -0.139. The van der Waals surface area contributed by atoms with Gasteiger partial charge in [-0.15, -0.1) is 0 Å². The second-order valence-corrected chi connectivity index (χ2v) is 6.43. The minimum absolute atomic E-state index is 0.271. The summed E-state index contributed by atoms with van der Waals surface area (Å²) in [5.74, 6) is 3.58. The van der Waals surface area contributed by atoms with Crippen molar-refractivity contribution in [3.8, 4) is 0 Å². The van der Waals surface area contributed by atoms with Gasteiger partial charge in [0, 0.05) is 30.8 Å². The second-order valence-electron chi connectivity index (χ2n) is 5.28. The Balaban J connectivity index is 1.96. The summed E-state index contributed by atoms with van der Waals surface area (Å²) in [5, 5.41) is 0. The van der Waals surface area contributed by atoms with Gasteiger partial charge in [0.15, 0.2) is 0 Å². The van der Waals surface area contributed by atoms with E-state index < -0.39 is 0 Å². The van der Waals surface area contributed by atoms with Crippen LogP contribution in [0.1, 0.15) is 32.6 Å². The summed E-state index contributed by atoms with van der Waals surface area (Å²) in [5.41, 5.74) is 5.85. The standard InChI is InChI=1S/C13H24N2OS/c1-2-10-3-5-15(12(7-10)8-14)13(16)11-4-6-17-9-11/h10-12H,2-9,14H2,1H3. The van der Waals surface area contributed by atoms with Gasteiger partial charge in [0.2, 0.25) is 5.91 Å². The average Bonchev–Trinajstić information content (AvgIpc) is 2.91. The molecule has 0 bridgehead atoms. The van der Waals surface area contributed by atoms with E-state index in [0.29, 0.717) is 18.5 Å². The molecule has 2 heterocycles. The Morgan fingerprint density at radius 2 is 2.29 bits per heavy atom. The van der Waals surface area contributed by atoms with Crippen molar-refractivity contribution in [2.75, 3.05) is 24.6 Å². The average molecular weight is 256 g/mol. The molecule has 0 aromatic heterocycles. The number of likely N-dealkylation sites (tertiary alicyclic amines) is 1. The van der Waals surface area contributed by atoms with Crippen molar-refractivity contribution in [3.63, 3.8) is 0 Å². The monoisotopic (exact) mass is 256 g/mol. The summed E-state index contributed by atoms with van der Waals surface area (Å²) in [6.07, 6.45) is 4.56. The van der Waals surface area contributed by atoms with Gasteiger partial charge < -0.3 is 10.6 Å². The summed E-state index contributed by atoms with van der Waals surface area (Å²) < 4.78 is 0. The van der Waals surface area contributed by atoms with Crippen LogP contribution in [0.4, 0.5) is 0 Å². The van der Waals surface area contributed by atoms with E-state index in [1.807, 2.05) is 11.8 Å². The van der Waals surface area contributed by atoms with Crippen molar-refractivity contribution in [1.82, 2.24) is 4.90 Å². The Hall–Kier alpha value is -0.220. The minimum atomic E-state index is 0.271. The van der Waals surface area contributed by atoms with Crippen molar-refractivity contribution in [2.45, 2.75) is 38.6 Å². The van der Waals surface area contributed by atoms with Crippen LogP contribution in [0, 0.1) is 11.8 Å². The highest BCUT2D eigenvalue weighted by atomic mass is 32.2. The van der Waals surface area contributed by atoms with Crippen LogP contribution >= 0.6 is 11.8 Å². The predicted molar refractivity (Wildman–Crippen MR) is 73.0 cm³/mol. The van der Waals surface area contributed by atoms with Crippen molar-refractivity contribution in [1.29, 1.82) is 0 Å². The maximum absolute atomic E-state index is 12.4. The van der Waals surface area contributed by atoms with Crippen molar-refractivity contribution < 1.29 is 4.79 Å². The van der Waals surface area contributed by atoms with Gasteiger partial charge in [0.25, 0.3) is 0 Å². The zero-order valence-electron chi connectivity index (χ0n) is 10.7. The molecule has 0 spiro atoms. The molecule has 17 heavy (non-hydrogen) atoms. The lowest BCUT2D eigenvalue weighted by atomic mass is 9.88. The van der Waals surface area contributed by atoms with Gasteiger partial charge in [0.1, 0.15) is 0 Å². The summed E-state index contributed by atoms with van der Waals surface area (Å²) in [6.45, 7) is 3.80. The largest absolute Gasteiger partial charge is 0.338 e. The summed E-state index contributed by atoms with van der Waals surface area (Å²) >= 11 is 1.91. The molecule has 98 valence electrons. The van der Waals surface area contributed by atoms with E-state index in [1.54, 1.807) is 0 Å². The highest BCUT2D eigenvalue weighted by Crippen LogP contribution is 2.30. The third-order valence-electron chi connectivity index (χ3n) is 4.24. The Labute approximate surface area is 108 Å². The molecule has 3 nitrogen and oxygen atoms in total. The number of carbonyl (C=O) groups excluding carboxylic acids is 1. The van der Waals surface area contributed by atoms with Gasteiger partial charge in [-0.05, 0) is 30.9 Å². The van der Waals surface area contributed by atoms with Gasteiger partial charge >= 0.3 is 0 Å². The van der Waals surface area contributed by atoms with Crippen molar-refractivity contribution >= 4 is 17.7 Å². The highest BCUT2D eigenvalue weighted by molar-refractivity contribution is 7.99. The number of hydrogen-bond acceptors (Lipinski definition) is 3. The maximum atomic E-state index is 12.4. The number of nitrogens with two attached hydrogens (primary N) is 1. The van der Waals surface area contributed by atoms with Crippen LogP contribution in [0.2, 0.25) is 0 Å². The fraction of sp³-hybridized carbons (Fsp3) is 0.923. The number of thioether (sulfide) groups is 1. The molecule has 0 radical (unpaired) electrons. The number of nitrogens with zero attached hydrogens (tertiary/aromatic N) is 1. The predicted octanol–water partition coefficient (Wildman–Crippen LogP) is 1.72. The van der Waals surface area contributed by atoms with E-state index in [1.165, 1.54) is 12.8 Å². The fourth-order valence-corrected chi connectivity index (χ4v) is 4.19. The van der Waals surface area contributed by atoms with E-state index in [4.69, 9.17) is 5.73 Å². The first kappa shape index (κ1) is 13.2. The van der Waals surface area contributed by atoms with Gasteiger partial charge in [-0.25, -0.2) is 0 Å². The fourth-order valence-electron chi connectivity index (χ4n) is 2.98. The van der Waals surface area contributed by atoms with Crippen LogP contribution in [0.15, 0.2) is 0 Å². The smallest absolute Gasteiger partial charge is 0.226 e. The summed E-state index contributed by atoms with van der Waals surface area (Å²) in [4.78, 5) is 14.5. The first-order valence-corrected chi connectivity index (χ1v) is 8.00. The lowest BCUT2D eigenvalue weighted by Crippen LogP contribution is -2.51. The third-order valence-corrected chi connectivity index (χ3v) is 5.40. The van der Waals surface area contributed by atoms with Crippen LogP contribution in [-0.4, -0.2) is 41.4 Å². The molecule has 3 unspecified atom stereocenters. The zero-order valence-corrected chi connectivity index (χ0v) is 11.5. The second kappa shape index (κ2) is 6.10. The molecule has 2 aliphatic heterocycles. The lowest BCUT2D eigenvalue weighted by Gasteiger charge is -2.40. The molecular formula is C13H24N2OS. The van der Waals surface area contributed by atoms with Gasteiger partial charge in [0.05, 0.1) is 0 Å². The van der Waals surface area contributed by atoms with Crippen LogP contribution in [0.5, 0.6) is 0 Å². The van der Waals surface area contributed by atoms with Crippen molar-refractivity contribution in [2.24, 2.45) is 17.6 Å². The van der Waals surface area contributed by atoms with Gasteiger partial charge in [-0.2, -0.15) is 11.8 Å². The highest BCUT2D eigenvalue weighted by Gasteiger charge is 2.34. The molecular weight excluding hydrogens is 232 g/mol. The van der Waals surface area contributed by atoms with Crippen molar-refractivity contribution in [3.05, 3.63) is 0 Å². The molecule has 1 amide bonds.